The second kappa shape index (κ2) is 8.03. The van der Waals surface area contributed by atoms with Crippen molar-refractivity contribution in [2.75, 3.05) is 13.2 Å². The molecule has 1 aliphatic carbocycles. The predicted molar refractivity (Wildman–Crippen MR) is 92.6 cm³/mol. The van der Waals surface area contributed by atoms with Gasteiger partial charge in [0.2, 0.25) is 5.91 Å². The Hall–Kier alpha value is -1.49. The summed E-state index contributed by atoms with van der Waals surface area (Å²) in [6, 6.07) is -0.558. The lowest BCUT2D eigenvalue weighted by Gasteiger charge is -2.35. The Bertz CT molecular complexity index is 731. The molecule has 0 unspecified atom stereocenters. The van der Waals surface area contributed by atoms with Gasteiger partial charge in [0, 0.05) is 19.8 Å². The number of aliphatic hydroxyl groups excluding tert-OH is 1. The van der Waals surface area contributed by atoms with E-state index in [0.29, 0.717) is 25.3 Å². The number of imidazole rings is 1. The number of aromatic nitrogens is 2. The topological polar surface area (TPSA) is 123 Å². The zero-order chi connectivity index (χ0) is 18.7. The quantitative estimate of drug-likeness (QED) is 0.555. The largest absolute Gasteiger partial charge is 0.394 e. The average Bonchev–Trinajstić information content (AvgIpc) is 3.32. The van der Waals surface area contributed by atoms with E-state index >= 15 is 0 Å². The molecular formula is C16H26N4O5S. The van der Waals surface area contributed by atoms with Crippen molar-refractivity contribution in [2.24, 2.45) is 13.0 Å². The third-order valence-electron chi connectivity index (χ3n) is 4.76. The molecule has 2 fully saturated rings. The molecule has 26 heavy (non-hydrogen) atoms. The highest BCUT2D eigenvalue weighted by Crippen LogP contribution is 2.28. The maximum atomic E-state index is 12.4. The number of sulfonamides is 1. The van der Waals surface area contributed by atoms with E-state index in [0.717, 1.165) is 0 Å². The third kappa shape index (κ3) is 5.03. The van der Waals surface area contributed by atoms with Crippen LogP contribution in [0.4, 0.5) is 0 Å². The molecule has 2 aliphatic rings. The van der Waals surface area contributed by atoms with Gasteiger partial charge in [-0.2, -0.15) is 0 Å². The van der Waals surface area contributed by atoms with Crippen LogP contribution >= 0.6 is 0 Å². The highest BCUT2D eigenvalue weighted by atomic mass is 32.2. The Morgan fingerprint density at radius 1 is 1.38 bits per heavy atom. The molecular weight excluding hydrogens is 360 g/mol. The van der Waals surface area contributed by atoms with Gasteiger partial charge < -0.3 is 19.7 Å². The monoisotopic (exact) mass is 386 g/mol. The van der Waals surface area contributed by atoms with Gasteiger partial charge in [-0.05, 0) is 31.6 Å². The number of carbonyl (C=O) groups is 1. The summed E-state index contributed by atoms with van der Waals surface area (Å²) < 4.78 is 34.7. The van der Waals surface area contributed by atoms with Gasteiger partial charge in [0.15, 0.2) is 5.03 Å². The van der Waals surface area contributed by atoms with E-state index in [9.17, 15) is 18.3 Å². The molecule has 3 rings (SSSR count). The van der Waals surface area contributed by atoms with Crippen LogP contribution in [0.5, 0.6) is 0 Å². The number of aryl methyl sites for hydroxylation is 1. The number of nitrogens with zero attached hydrogens (tertiary/aromatic N) is 2. The fourth-order valence-corrected chi connectivity index (χ4v) is 4.34. The average molecular weight is 386 g/mol. The van der Waals surface area contributed by atoms with E-state index in [4.69, 9.17) is 4.74 Å². The van der Waals surface area contributed by atoms with E-state index in [2.05, 4.69) is 15.0 Å². The van der Waals surface area contributed by atoms with Crippen LogP contribution in [-0.4, -0.2) is 60.4 Å². The molecule has 1 aliphatic heterocycles. The molecule has 3 atom stereocenters. The highest BCUT2D eigenvalue weighted by Gasteiger charge is 2.35. The second-order valence-corrected chi connectivity index (χ2v) is 8.77. The lowest BCUT2D eigenvalue weighted by molar-refractivity contribution is -0.130. The number of hydrogen-bond acceptors (Lipinski definition) is 6. The number of nitrogens with one attached hydrogen (secondary N) is 2. The smallest absolute Gasteiger partial charge is 0.259 e. The van der Waals surface area contributed by atoms with Crippen molar-refractivity contribution in [1.82, 2.24) is 19.6 Å². The number of rotatable bonds is 8. The number of aliphatic hydroxyl groups is 1. The molecule has 10 heteroatoms. The zero-order valence-electron chi connectivity index (χ0n) is 14.8. The van der Waals surface area contributed by atoms with Crippen molar-refractivity contribution >= 4 is 15.9 Å². The van der Waals surface area contributed by atoms with Gasteiger partial charge in [0.1, 0.15) is 0 Å². The first-order valence-corrected chi connectivity index (χ1v) is 10.4. The van der Waals surface area contributed by atoms with Crippen molar-refractivity contribution in [3.8, 4) is 0 Å². The standard InChI is InChI=1S/C16H26N4O5S/c1-20-8-16(18-10-20)26(23,24)19-13-5-4-12(25-14(13)9-21)6-15(22)17-7-11-2-3-11/h8,10-14,19,21H,2-7,9H2,1H3,(H,17,22)/t12-,13+,14+/m0/s1. The molecule has 1 amide bonds. The third-order valence-corrected chi connectivity index (χ3v) is 6.13. The highest BCUT2D eigenvalue weighted by molar-refractivity contribution is 7.89. The Morgan fingerprint density at radius 3 is 2.77 bits per heavy atom. The van der Waals surface area contributed by atoms with Gasteiger partial charge in [0.05, 0.1) is 37.6 Å². The van der Waals surface area contributed by atoms with Crippen LogP contribution in [0.1, 0.15) is 32.1 Å². The molecule has 0 radical (unpaired) electrons. The van der Waals surface area contributed by atoms with Crippen molar-refractivity contribution in [2.45, 2.75) is 55.4 Å². The van der Waals surface area contributed by atoms with Crippen LogP contribution in [0.25, 0.3) is 0 Å². The summed E-state index contributed by atoms with van der Waals surface area (Å²) in [5.74, 6) is 0.549. The minimum Gasteiger partial charge on any atom is -0.394 e. The van der Waals surface area contributed by atoms with E-state index in [-0.39, 0.29) is 30.1 Å². The molecule has 1 aromatic heterocycles. The summed E-state index contributed by atoms with van der Waals surface area (Å²) in [5, 5.41) is 12.4. The maximum absolute atomic E-state index is 12.4. The summed E-state index contributed by atoms with van der Waals surface area (Å²) in [4.78, 5) is 15.8. The lowest BCUT2D eigenvalue weighted by atomic mass is 9.98. The second-order valence-electron chi connectivity index (χ2n) is 7.11. The Kier molecular flexibility index (Phi) is 5.96. The van der Waals surface area contributed by atoms with Gasteiger partial charge in [-0.25, -0.2) is 18.1 Å². The molecule has 3 N–H and O–H groups in total. The SMILES string of the molecule is Cn1cnc(S(=O)(=O)N[C@@H]2CC[C@@H](CC(=O)NCC3CC3)O[C@@H]2CO)c1. The van der Waals surface area contributed by atoms with Gasteiger partial charge in [0.25, 0.3) is 10.0 Å². The van der Waals surface area contributed by atoms with E-state index < -0.39 is 22.2 Å². The van der Waals surface area contributed by atoms with Crippen LogP contribution in [0.3, 0.4) is 0 Å². The number of hydrogen-bond donors (Lipinski definition) is 3. The Balaban J connectivity index is 1.53. The summed E-state index contributed by atoms with van der Waals surface area (Å²) in [5.41, 5.74) is 0. The van der Waals surface area contributed by atoms with Gasteiger partial charge in [-0.15, -0.1) is 0 Å². The molecule has 0 aromatic carbocycles. The molecule has 0 spiro atoms. The van der Waals surface area contributed by atoms with Crippen LogP contribution in [0.15, 0.2) is 17.6 Å². The first-order chi connectivity index (χ1) is 12.4. The van der Waals surface area contributed by atoms with Gasteiger partial charge in [-0.3, -0.25) is 4.79 Å². The molecule has 2 heterocycles. The number of carbonyl (C=O) groups excluding carboxylic acids is 1. The number of ether oxygens (including phenoxy) is 1. The summed E-state index contributed by atoms with van der Waals surface area (Å²) in [6.07, 6.45) is 5.41. The minimum atomic E-state index is -3.79. The molecule has 0 bridgehead atoms. The predicted octanol–water partition coefficient (Wildman–Crippen LogP) is -0.477. The van der Waals surface area contributed by atoms with Crippen molar-refractivity contribution in [3.05, 3.63) is 12.5 Å². The molecule has 146 valence electrons. The van der Waals surface area contributed by atoms with E-state index in [1.165, 1.54) is 25.4 Å². The summed E-state index contributed by atoms with van der Waals surface area (Å²) >= 11 is 0. The van der Waals surface area contributed by atoms with E-state index in [1.54, 1.807) is 11.6 Å². The summed E-state index contributed by atoms with van der Waals surface area (Å²) in [6.45, 7) is 0.386. The fraction of sp³-hybridized carbons (Fsp3) is 0.750. The zero-order valence-corrected chi connectivity index (χ0v) is 15.6. The normalized spacial score (nSPS) is 26.6. The molecule has 1 aromatic rings. The van der Waals surface area contributed by atoms with Crippen LogP contribution in [0, 0.1) is 5.92 Å². The minimum absolute atomic E-state index is 0.0638. The first-order valence-electron chi connectivity index (χ1n) is 8.90. The molecule has 1 saturated heterocycles. The van der Waals surface area contributed by atoms with Gasteiger partial charge in [-0.1, -0.05) is 0 Å². The Labute approximate surface area is 153 Å². The molecule has 1 saturated carbocycles. The lowest BCUT2D eigenvalue weighted by Crippen LogP contribution is -2.51. The van der Waals surface area contributed by atoms with Crippen LogP contribution in [-0.2, 0) is 26.6 Å². The van der Waals surface area contributed by atoms with Gasteiger partial charge >= 0.3 is 0 Å². The van der Waals surface area contributed by atoms with Crippen molar-refractivity contribution in [1.29, 1.82) is 0 Å². The van der Waals surface area contributed by atoms with E-state index in [1.807, 2.05) is 0 Å². The fourth-order valence-electron chi connectivity index (χ4n) is 3.06. The summed E-state index contributed by atoms with van der Waals surface area (Å²) in [7, 11) is -2.10. The number of amides is 1. The maximum Gasteiger partial charge on any atom is 0.259 e. The Morgan fingerprint density at radius 2 is 2.15 bits per heavy atom. The first kappa shape index (κ1) is 19.3. The van der Waals surface area contributed by atoms with Crippen LogP contribution < -0.4 is 10.0 Å². The van der Waals surface area contributed by atoms with Crippen molar-refractivity contribution < 1.29 is 23.1 Å². The van der Waals surface area contributed by atoms with Crippen molar-refractivity contribution in [3.63, 3.8) is 0 Å². The molecule has 9 nitrogen and oxygen atoms in total. The van der Waals surface area contributed by atoms with Crippen LogP contribution in [0.2, 0.25) is 0 Å².